The Morgan fingerprint density at radius 2 is 2.13 bits per heavy atom. The number of carbonyl (C=O) groups is 1. The van der Waals surface area contributed by atoms with Crippen LogP contribution in [-0.2, 0) is 27.8 Å². The predicted molar refractivity (Wildman–Crippen MR) is 87.7 cm³/mol. The normalized spacial score (nSPS) is 18.9. The second-order valence-corrected chi connectivity index (χ2v) is 7.94. The zero-order valence-corrected chi connectivity index (χ0v) is 13.8. The fourth-order valence-corrected chi connectivity index (χ4v) is 4.90. The number of carboxylic acid groups (broad SMARTS) is 1. The third kappa shape index (κ3) is 2.86. The molecule has 1 aromatic heterocycles. The summed E-state index contributed by atoms with van der Waals surface area (Å²) in [4.78, 5) is 14.9. The summed E-state index contributed by atoms with van der Waals surface area (Å²) in [5.41, 5.74) is 2.62. The lowest BCUT2D eigenvalue weighted by Gasteiger charge is -2.32. The zero-order valence-electron chi connectivity index (χ0n) is 12.9. The molecule has 0 spiro atoms. The molecular formula is C16H20N2O4S. The molecule has 2 heterocycles. The van der Waals surface area contributed by atoms with E-state index in [2.05, 4.69) is 4.98 Å². The van der Waals surface area contributed by atoms with Crippen LogP contribution < -0.4 is 0 Å². The molecule has 0 radical (unpaired) electrons. The number of sulfonamides is 1. The Labute approximate surface area is 135 Å². The number of hydrogen-bond acceptors (Lipinski definition) is 3. The molecule has 6 nitrogen and oxygen atoms in total. The molecule has 1 aliphatic heterocycles. The number of carboxylic acids is 1. The van der Waals surface area contributed by atoms with Gasteiger partial charge in [-0.1, -0.05) is 31.5 Å². The largest absolute Gasteiger partial charge is 0.480 e. The minimum absolute atomic E-state index is 0.0111. The molecule has 0 bridgehead atoms. The number of unbranched alkanes of at least 4 members (excludes halogenated alkanes) is 1. The van der Waals surface area contributed by atoms with Crippen molar-refractivity contribution in [2.45, 2.75) is 38.8 Å². The van der Waals surface area contributed by atoms with E-state index in [9.17, 15) is 18.3 Å². The number of nitrogens with one attached hydrogen (secondary N) is 1. The third-order valence-corrected chi connectivity index (χ3v) is 6.26. The lowest BCUT2D eigenvalue weighted by atomic mass is 9.99. The Morgan fingerprint density at radius 1 is 1.39 bits per heavy atom. The van der Waals surface area contributed by atoms with Crippen LogP contribution in [-0.4, -0.2) is 40.6 Å². The number of para-hydroxylation sites is 1. The van der Waals surface area contributed by atoms with E-state index in [1.165, 1.54) is 0 Å². The average molecular weight is 336 g/mol. The van der Waals surface area contributed by atoms with Crippen molar-refractivity contribution < 1.29 is 18.3 Å². The first-order valence-electron chi connectivity index (χ1n) is 7.75. The Morgan fingerprint density at radius 3 is 2.83 bits per heavy atom. The van der Waals surface area contributed by atoms with Gasteiger partial charge in [-0.2, -0.15) is 4.31 Å². The number of benzene rings is 1. The van der Waals surface area contributed by atoms with Crippen molar-refractivity contribution in [3.63, 3.8) is 0 Å². The summed E-state index contributed by atoms with van der Waals surface area (Å²) in [6, 6.07) is 6.61. The van der Waals surface area contributed by atoms with E-state index in [0.29, 0.717) is 6.42 Å². The minimum Gasteiger partial charge on any atom is -0.480 e. The summed E-state index contributed by atoms with van der Waals surface area (Å²) in [6.07, 6.45) is 1.48. The molecule has 124 valence electrons. The monoisotopic (exact) mass is 336 g/mol. The van der Waals surface area contributed by atoms with Gasteiger partial charge in [0.25, 0.3) is 0 Å². The van der Waals surface area contributed by atoms with E-state index in [1.54, 1.807) is 0 Å². The SMILES string of the molecule is CCCCS(=O)(=O)N1Cc2[nH]c3ccccc3c2CC1C(=O)O. The van der Waals surface area contributed by atoms with Crippen LogP contribution in [0.1, 0.15) is 31.0 Å². The van der Waals surface area contributed by atoms with Gasteiger partial charge in [0.05, 0.1) is 12.3 Å². The van der Waals surface area contributed by atoms with Crippen LogP contribution in [0.5, 0.6) is 0 Å². The first-order chi connectivity index (χ1) is 10.9. The van der Waals surface area contributed by atoms with Crippen molar-refractivity contribution in [2.75, 3.05) is 5.75 Å². The number of fused-ring (bicyclic) bond motifs is 3. The molecule has 3 rings (SSSR count). The minimum atomic E-state index is -3.59. The number of aromatic amines is 1. The fraction of sp³-hybridized carbons (Fsp3) is 0.438. The molecule has 1 aromatic carbocycles. The second kappa shape index (κ2) is 5.98. The maximum atomic E-state index is 12.5. The molecule has 0 aliphatic carbocycles. The first kappa shape index (κ1) is 16.0. The molecule has 0 saturated heterocycles. The quantitative estimate of drug-likeness (QED) is 0.875. The van der Waals surface area contributed by atoms with Gasteiger partial charge in [0.2, 0.25) is 10.0 Å². The molecule has 0 saturated carbocycles. The van der Waals surface area contributed by atoms with Crippen molar-refractivity contribution in [3.05, 3.63) is 35.5 Å². The van der Waals surface area contributed by atoms with Gasteiger partial charge in [-0.05, 0) is 18.1 Å². The summed E-state index contributed by atoms with van der Waals surface area (Å²) in [6.45, 7) is 2.00. The molecule has 0 fully saturated rings. The van der Waals surface area contributed by atoms with E-state index < -0.39 is 22.0 Å². The number of rotatable bonds is 5. The molecule has 2 aromatic rings. The molecule has 1 aliphatic rings. The molecular weight excluding hydrogens is 316 g/mol. The Bertz CT molecular complexity index is 841. The van der Waals surface area contributed by atoms with Crippen LogP contribution >= 0.6 is 0 Å². The van der Waals surface area contributed by atoms with Gasteiger partial charge in [-0.3, -0.25) is 4.79 Å². The van der Waals surface area contributed by atoms with E-state index >= 15 is 0 Å². The van der Waals surface area contributed by atoms with Gasteiger partial charge >= 0.3 is 5.97 Å². The van der Waals surface area contributed by atoms with Crippen LogP contribution in [0.2, 0.25) is 0 Å². The van der Waals surface area contributed by atoms with Crippen molar-refractivity contribution in [1.29, 1.82) is 0 Å². The number of nitrogens with zero attached hydrogens (tertiary/aromatic N) is 1. The summed E-state index contributed by atoms with van der Waals surface area (Å²) in [5, 5.41) is 10.5. The molecule has 1 unspecified atom stereocenters. The van der Waals surface area contributed by atoms with Gasteiger partial charge in [-0.25, -0.2) is 8.42 Å². The van der Waals surface area contributed by atoms with E-state index in [-0.39, 0.29) is 18.7 Å². The summed E-state index contributed by atoms with van der Waals surface area (Å²) >= 11 is 0. The van der Waals surface area contributed by atoms with Crippen LogP contribution in [0.3, 0.4) is 0 Å². The highest BCUT2D eigenvalue weighted by molar-refractivity contribution is 7.89. The molecule has 7 heteroatoms. The molecule has 1 atom stereocenters. The molecule has 0 amide bonds. The standard InChI is InChI=1S/C16H20N2O4S/c1-2-3-8-23(21,22)18-10-14-12(9-15(18)16(19)20)11-6-4-5-7-13(11)17-14/h4-7,15,17H,2-3,8-10H2,1H3,(H,19,20). The van der Waals surface area contributed by atoms with Crippen LogP contribution in [0.25, 0.3) is 10.9 Å². The highest BCUT2D eigenvalue weighted by Gasteiger charge is 2.39. The third-order valence-electron chi connectivity index (χ3n) is 4.36. The second-order valence-electron chi connectivity index (χ2n) is 5.90. The lowest BCUT2D eigenvalue weighted by Crippen LogP contribution is -2.49. The van der Waals surface area contributed by atoms with Crippen LogP contribution in [0.15, 0.2) is 24.3 Å². The first-order valence-corrected chi connectivity index (χ1v) is 9.35. The fourth-order valence-electron chi connectivity index (χ4n) is 3.13. The van der Waals surface area contributed by atoms with Crippen LogP contribution in [0.4, 0.5) is 0 Å². The van der Waals surface area contributed by atoms with E-state index in [4.69, 9.17) is 0 Å². The number of aromatic nitrogens is 1. The highest BCUT2D eigenvalue weighted by Crippen LogP contribution is 2.32. The van der Waals surface area contributed by atoms with Gasteiger partial charge in [0.15, 0.2) is 0 Å². The van der Waals surface area contributed by atoms with E-state index in [1.807, 2.05) is 31.2 Å². The zero-order chi connectivity index (χ0) is 16.6. The number of H-pyrrole nitrogens is 1. The summed E-state index contributed by atoms with van der Waals surface area (Å²) in [7, 11) is -3.59. The van der Waals surface area contributed by atoms with Crippen molar-refractivity contribution in [2.24, 2.45) is 0 Å². The van der Waals surface area contributed by atoms with Crippen molar-refractivity contribution in [3.8, 4) is 0 Å². The van der Waals surface area contributed by atoms with E-state index in [0.717, 1.165) is 32.9 Å². The van der Waals surface area contributed by atoms with Crippen molar-refractivity contribution in [1.82, 2.24) is 9.29 Å². The molecule has 2 N–H and O–H groups in total. The summed E-state index contributed by atoms with van der Waals surface area (Å²) < 4.78 is 26.2. The number of hydrogen-bond donors (Lipinski definition) is 2. The topological polar surface area (TPSA) is 90.5 Å². The van der Waals surface area contributed by atoms with Crippen molar-refractivity contribution >= 4 is 26.9 Å². The van der Waals surface area contributed by atoms with Gasteiger partial charge in [0, 0.05) is 23.0 Å². The van der Waals surface area contributed by atoms with Gasteiger partial charge in [-0.15, -0.1) is 0 Å². The van der Waals surface area contributed by atoms with Crippen LogP contribution in [0, 0.1) is 0 Å². The molecule has 23 heavy (non-hydrogen) atoms. The van der Waals surface area contributed by atoms with Gasteiger partial charge in [0.1, 0.15) is 6.04 Å². The Balaban J connectivity index is 2.03. The van der Waals surface area contributed by atoms with Gasteiger partial charge < -0.3 is 10.1 Å². The Kier molecular flexibility index (Phi) is 4.16. The lowest BCUT2D eigenvalue weighted by molar-refractivity contribution is -0.141. The maximum absolute atomic E-state index is 12.5. The Hall–Kier alpha value is -1.86. The summed E-state index contributed by atoms with van der Waals surface area (Å²) in [5.74, 6) is -1.11. The smallest absolute Gasteiger partial charge is 0.322 e. The maximum Gasteiger partial charge on any atom is 0.322 e. The average Bonchev–Trinajstić information content (AvgIpc) is 2.89. The highest BCUT2D eigenvalue weighted by atomic mass is 32.2. The predicted octanol–water partition coefficient (Wildman–Crippen LogP) is 2.11. The number of aliphatic carboxylic acids is 1.